The van der Waals surface area contributed by atoms with Crippen molar-refractivity contribution in [1.82, 2.24) is 10.2 Å². The Hall–Kier alpha value is -0.570. The molecule has 0 heterocycles. The lowest BCUT2D eigenvalue weighted by atomic mass is 10.1. The summed E-state index contributed by atoms with van der Waals surface area (Å²) in [6, 6.07) is 9.07. The summed E-state index contributed by atoms with van der Waals surface area (Å²) in [6.07, 6.45) is 1.20. The second kappa shape index (κ2) is 7.78. The minimum Gasteiger partial charge on any atom is -0.309 e. The van der Waals surface area contributed by atoms with Gasteiger partial charge >= 0.3 is 0 Å². The van der Waals surface area contributed by atoms with E-state index in [9.17, 15) is 0 Å². The number of rotatable bonds is 7. The Morgan fingerprint density at radius 1 is 1.22 bits per heavy atom. The number of likely N-dealkylation sites (N-methyl/N-ethyl adjacent to an activating group) is 1. The number of hydrogen-bond acceptors (Lipinski definition) is 2. The van der Waals surface area contributed by atoms with Crippen LogP contribution in [0, 0.1) is 0 Å². The predicted octanol–water partition coefficient (Wildman–Crippen LogP) is 3.72. The molecular formula is C15H25ClN2. The molecule has 2 nitrogen and oxygen atoms in total. The first-order valence-electron chi connectivity index (χ1n) is 6.73. The van der Waals surface area contributed by atoms with Crippen LogP contribution in [0.5, 0.6) is 0 Å². The smallest absolute Gasteiger partial charge is 0.0406 e. The van der Waals surface area contributed by atoms with Crippen LogP contribution in [0.3, 0.4) is 0 Å². The largest absolute Gasteiger partial charge is 0.309 e. The summed E-state index contributed by atoms with van der Waals surface area (Å²) in [7, 11) is 2.18. The van der Waals surface area contributed by atoms with E-state index in [0.29, 0.717) is 12.1 Å². The van der Waals surface area contributed by atoms with E-state index in [1.165, 1.54) is 12.0 Å². The first-order valence-corrected chi connectivity index (χ1v) is 7.11. The van der Waals surface area contributed by atoms with E-state index >= 15 is 0 Å². The van der Waals surface area contributed by atoms with Crippen molar-refractivity contribution in [2.24, 2.45) is 0 Å². The minimum absolute atomic E-state index is 0.368. The summed E-state index contributed by atoms with van der Waals surface area (Å²) in [4.78, 5) is 2.39. The molecule has 2 unspecified atom stereocenters. The molecular weight excluding hydrogens is 244 g/mol. The molecule has 3 heteroatoms. The molecule has 2 atom stereocenters. The topological polar surface area (TPSA) is 15.3 Å². The highest BCUT2D eigenvalue weighted by Crippen LogP contribution is 2.15. The third-order valence-electron chi connectivity index (χ3n) is 3.63. The third-order valence-corrected chi connectivity index (χ3v) is 3.88. The Morgan fingerprint density at radius 3 is 2.39 bits per heavy atom. The van der Waals surface area contributed by atoms with Gasteiger partial charge in [-0.2, -0.15) is 0 Å². The van der Waals surface area contributed by atoms with Gasteiger partial charge in [0.2, 0.25) is 0 Å². The summed E-state index contributed by atoms with van der Waals surface area (Å²) < 4.78 is 0. The maximum absolute atomic E-state index is 5.89. The van der Waals surface area contributed by atoms with Gasteiger partial charge in [0.15, 0.2) is 0 Å². The van der Waals surface area contributed by atoms with Crippen molar-refractivity contribution in [2.45, 2.75) is 39.3 Å². The van der Waals surface area contributed by atoms with E-state index in [0.717, 1.165) is 18.1 Å². The first kappa shape index (κ1) is 15.5. The van der Waals surface area contributed by atoms with Crippen LogP contribution in [0.2, 0.25) is 5.02 Å². The van der Waals surface area contributed by atoms with Gasteiger partial charge in [-0.05, 0) is 45.0 Å². The number of benzene rings is 1. The fourth-order valence-electron chi connectivity index (χ4n) is 1.86. The number of nitrogens with zero attached hydrogens (tertiary/aromatic N) is 1. The van der Waals surface area contributed by atoms with E-state index < -0.39 is 0 Å². The van der Waals surface area contributed by atoms with E-state index in [-0.39, 0.29) is 0 Å². The molecule has 1 aromatic rings. The van der Waals surface area contributed by atoms with Crippen LogP contribution in [-0.2, 0) is 0 Å². The van der Waals surface area contributed by atoms with Crippen LogP contribution in [0.4, 0.5) is 0 Å². The van der Waals surface area contributed by atoms with E-state index in [1.54, 1.807) is 0 Å². The third kappa shape index (κ3) is 4.97. The number of halogens is 1. The maximum atomic E-state index is 5.89. The molecule has 1 rings (SSSR count). The van der Waals surface area contributed by atoms with Crippen molar-refractivity contribution in [3.05, 3.63) is 34.9 Å². The fraction of sp³-hybridized carbons (Fsp3) is 0.600. The van der Waals surface area contributed by atoms with Crippen LogP contribution in [0.15, 0.2) is 24.3 Å². The second-order valence-electron chi connectivity index (χ2n) is 4.97. The molecule has 0 aliphatic heterocycles. The molecule has 0 radical (unpaired) electrons. The van der Waals surface area contributed by atoms with Crippen molar-refractivity contribution in [3.8, 4) is 0 Å². The van der Waals surface area contributed by atoms with Crippen LogP contribution in [0.25, 0.3) is 0 Å². The highest BCUT2D eigenvalue weighted by Gasteiger charge is 2.08. The molecule has 0 fully saturated rings. The Labute approximate surface area is 116 Å². The van der Waals surface area contributed by atoms with Crippen molar-refractivity contribution in [1.29, 1.82) is 0 Å². The standard InChI is InChI=1S/C15H25ClN2/c1-5-12(2)18(4)11-10-17-13(3)14-6-8-15(16)9-7-14/h6-9,12-13,17H,5,10-11H2,1-4H3. The Balaban J connectivity index is 2.33. The zero-order valence-corrected chi connectivity index (χ0v) is 12.7. The first-order chi connectivity index (χ1) is 8.54. The quantitative estimate of drug-likeness (QED) is 0.811. The SMILES string of the molecule is CCC(C)N(C)CCNC(C)c1ccc(Cl)cc1. The maximum Gasteiger partial charge on any atom is 0.0406 e. The molecule has 18 heavy (non-hydrogen) atoms. The summed E-state index contributed by atoms with van der Waals surface area (Å²) in [5.74, 6) is 0. The lowest BCUT2D eigenvalue weighted by molar-refractivity contribution is 0.249. The van der Waals surface area contributed by atoms with Crippen molar-refractivity contribution >= 4 is 11.6 Å². The molecule has 0 spiro atoms. The molecule has 102 valence electrons. The lowest BCUT2D eigenvalue weighted by Crippen LogP contribution is -2.35. The normalized spacial score (nSPS) is 14.8. The molecule has 0 bridgehead atoms. The van der Waals surface area contributed by atoms with Crippen LogP contribution < -0.4 is 5.32 Å². The Morgan fingerprint density at radius 2 is 1.83 bits per heavy atom. The molecule has 0 saturated heterocycles. The van der Waals surface area contributed by atoms with Crippen LogP contribution in [0.1, 0.15) is 38.8 Å². The van der Waals surface area contributed by atoms with Crippen molar-refractivity contribution in [3.63, 3.8) is 0 Å². The van der Waals surface area contributed by atoms with Gasteiger partial charge in [-0.15, -0.1) is 0 Å². The summed E-state index contributed by atoms with van der Waals surface area (Å²) in [5, 5.41) is 4.34. The molecule has 0 amide bonds. The predicted molar refractivity (Wildman–Crippen MR) is 80.3 cm³/mol. The molecule has 0 aliphatic carbocycles. The summed E-state index contributed by atoms with van der Waals surface area (Å²) in [5.41, 5.74) is 1.28. The number of hydrogen-bond donors (Lipinski definition) is 1. The van der Waals surface area contributed by atoms with Crippen LogP contribution >= 0.6 is 11.6 Å². The Bertz CT molecular complexity index is 337. The summed E-state index contributed by atoms with van der Waals surface area (Å²) in [6.45, 7) is 8.76. The van der Waals surface area contributed by atoms with E-state index in [2.05, 4.69) is 50.2 Å². The second-order valence-corrected chi connectivity index (χ2v) is 5.40. The van der Waals surface area contributed by atoms with Gasteiger partial charge in [0.25, 0.3) is 0 Å². The highest BCUT2D eigenvalue weighted by atomic mass is 35.5. The highest BCUT2D eigenvalue weighted by molar-refractivity contribution is 6.30. The molecule has 1 N–H and O–H groups in total. The summed E-state index contributed by atoms with van der Waals surface area (Å²) >= 11 is 5.89. The number of nitrogens with one attached hydrogen (secondary N) is 1. The van der Waals surface area contributed by atoms with Gasteiger partial charge in [-0.3, -0.25) is 0 Å². The van der Waals surface area contributed by atoms with Crippen molar-refractivity contribution in [2.75, 3.05) is 20.1 Å². The average Bonchev–Trinajstić information content (AvgIpc) is 2.38. The van der Waals surface area contributed by atoms with Gasteiger partial charge in [0, 0.05) is 30.2 Å². The molecule has 0 aromatic heterocycles. The van der Waals surface area contributed by atoms with Gasteiger partial charge in [0.05, 0.1) is 0 Å². The minimum atomic E-state index is 0.368. The average molecular weight is 269 g/mol. The molecule has 0 saturated carbocycles. The van der Waals surface area contributed by atoms with Gasteiger partial charge < -0.3 is 10.2 Å². The molecule has 0 aliphatic rings. The zero-order chi connectivity index (χ0) is 13.5. The zero-order valence-electron chi connectivity index (χ0n) is 11.9. The van der Waals surface area contributed by atoms with Crippen LogP contribution in [-0.4, -0.2) is 31.1 Å². The van der Waals surface area contributed by atoms with Crippen molar-refractivity contribution < 1.29 is 0 Å². The molecule has 1 aromatic carbocycles. The Kier molecular flexibility index (Phi) is 6.69. The van der Waals surface area contributed by atoms with E-state index in [4.69, 9.17) is 11.6 Å². The van der Waals surface area contributed by atoms with Gasteiger partial charge in [-0.25, -0.2) is 0 Å². The van der Waals surface area contributed by atoms with Gasteiger partial charge in [0.1, 0.15) is 0 Å². The monoisotopic (exact) mass is 268 g/mol. The van der Waals surface area contributed by atoms with Gasteiger partial charge in [-0.1, -0.05) is 30.7 Å². The van der Waals surface area contributed by atoms with E-state index in [1.807, 2.05) is 12.1 Å². The lowest BCUT2D eigenvalue weighted by Gasteiger charge is -2.24. The fourth-order valence-corrected chi connectivity index (χ4v) is 1.98.